The van der Waals surface area contributed by atoms with Crippen molar-refractivity contribution in [2.75, 3.05) is 4.90 Å². The molecule has 1 aliphatic rings. The first-order valence-corrected chi connectivity index (χ1v) is 10.6. The topological polar surface area (TPSA) is 55.3 Å². The third kappa shape index (κ3) is 4.27. The molecule has 0 radical (unpaired) electrons. The number of hydrogen-bond acceptors (Lipinski definition) is 6. The van der Waals surface area contributed by atoms with Crippen LogP contribution >= 0.6 is 24.0 Å². The number of hydrogen-bond donors (Lipinski definition) is 0. The van der Waals surface area contributed by atoms with Crippen molar-refractivity contribution in [1.29, 1.82) is 0 Å². The van der Waals surface area contributed by atoms with Gasteiger partial charge in [-0.05, 0) is 73.0 Å². The number of carbonyl (C=O) groups is 1. The summed E-state index contributed by atoms with van der Waals surface area (Å²) in [4.78, 5) is 23.4. The summed E-state index contributed by atoms with van der Waals surface area (Å²) < 4.78 is 6.50. The second-order valence-corrected chi connectivity index (χ2v) is 8.50. The molecule has 0 spiro atoms. The molecule has 5 nitrogen and oxygen atoms in total. The summed E-state index contributed by atoms with van der Waals surface area (Å²) in [5, 5.41) is 0. The van der Waals surface area contributed by atoms with E-state index in [2.05, 4.69) is 9.97 Å². The molecule has 1 amide bonds. The molecule has 0 saturated carbocycles. The van der Waals surface area contributed by atoms with Crippen LogP contribution in [0, 0.1) is 13.8 Å². The highest BCUT2D eigenvalue weighted by atomic mass is 32.2. The summed E-state index contributed by atoms with van der Waals surface area (Å²) in [5.74, 6) is 0.699. The van der Waals surface area contributed by atoms with Crippen LogP contribution in [0.15, 0.2) is 66.0 Å². The lowest BCUT2D eigenvalue weighted by Gasteiger charge is -2.14. The zero-order valence-electron chi connectivity index (χ0n) is 16.5. The number of aryl methyl sites for hydroxylation is 2. The summed E-state index contributed by atoms with van der Waals surface area (Å²) in [6.07, 6.45) is 6.93. The number of pyridine rings is 2. The van der Waals surface area contributed by atoms with Crippen LogP contribution in [0.4, 0.5) is 5.69 Å². The van der Waals surface area contributed by atoms with Crippen molar-refractivity contribution in [3.05, 3.63) is 88.3 Å². The first-order chi connectivity index (χ1) is 14.5. The van der Waals surface area contributed by atoms with Crippen molar-refractivity contribution in [3.8, 4) is 5.75 Å². The molecule has 4 rings (SSSR count). The van der Waals surface area contributed by atoms with Crippen molar-refractivity contribution in [3.63, 3.8) is 0 Å². The van der Waals surface area contributed by atoms with Gasteiger partial charge >= 0.3 is 0 Å². The summed E-state index contributed by atoms with van der Waals surface area (Å²) in [6, 6.07) is 13.4. The van der Waals surface area contributed by atoms with Gasteiger partial charge in [-0.3, -0.25) is 19.7 Å². The minimum Gasteiger partial charge on any atom is -0.487 e. The number of thioether (sulfide) groups is 1. The highest BCUT2D eigenvalue weighted by Gasteiger charge is 2.33. The van der Waals surface area contributed by atoms with Crippen molar-refractivity contribution in [2.45, 2.75) is 20.5 Å². The molecule has 3 aromatic rings. The number of ether oxygens (including phenoxy) is 1. The molecule has 3 heterocycles. The van der Waals surface area contributed by atoms with Gasteiger partial charge in [-0.1, -0.05) is 30.0 Å². The first-order valence-electron chi connectivity index (χ1n) is 9.35. The molecule has 0 bridgehead atoms. The van der Waals surface area contributed by atoms with Crippen LogP contribution in [0.2, 0.25) is 0 Å². The van der Waals surface area contributed by atoms with E-state index in [9.17, 15) is 4.79 Å². The third-order valence-electron chi connectivity index (χ3n) is 4.57. The highest BCUT2D eigenvalue weighted by Crippen LogP contribution is 2.36. The number of rotatable bonds is 5. The Balaban J connectivity index is 1.55. The molecule has 1 fully saturated rings. The Bertz CT molecular complexity index is 1110. The van der Waals surface area contributed by atoms with Gasteiger partial charge in [0.1, 0.15) is 12.4 Å². The smallest absolute Gasteiger partial charge is 0.270 e. The lowest BCUT2D eigenvalue weighted by atomic mass is 10.1. The summed E-state index contributed by atoms with van der Waals surface area (Å²) >= 11 is 6.72. The largest absolute Gasteiger partial charge is 0.487 e. The van der Waals surface area contributed by atoms with Gasteiger partial charge in [0.25, 0.3) is 5.91 Å². The van der Waals surface area contributed by atoms with E-state index in [0.29, 0.717) is 21.5 Å². The molecule has 0 aliphatic carbocycles. The molecule has 0 unspecified atom stereocenters. The van der Waals surface area contributed by atoms with E-state index in [1.807, 2.05) is 56.3 Å². The maximum absolute atomic E-state index is 12.9. The van der Waals surface area contributed by atoms with Gasteiger partial charge in [0.05, 0.1) is 22.5 Å². The minimum atomic E-state index is -0.135. The van der Waals surface area contributed by atoms with Crippen LogP contribution in [-0.4, -0.2) is 20.2 Å². The Kier molecular flexibility index (Phi) is 5.92. The predicted octanol–water partition coefficient (Wildman–Crippen LogP) is 5.08. The van der Waals surface area contributed by atoms with Crippen molar-refractivity contribution in [2.24, 2.45) is 0 Å². The standard InChI is InChI=1S/C23H19N3O2S2/c1-15-10-17(11-16(2)21(15)28-14-18-6-3-4-9-25-18)12-20-22(27)26(23(29)30-20)19-7-5-8-24-13-19/h3-13H,14H2,1-2H3/b20-12+. The highest BCUT2D eigenvalue weighted by molar-refractivity contribution is 8.27. The SMILES string of the molecule is Cc1cc(/C=C2/SC(=S)N(c3cccnc3)C2=O)cc(C)c1OCc1ccccn1. The molecular weight excluding hydrogens is 414 g/mol. The monoisotopic (exact) mass is 433 g/mol. The van der Waals surface area contributed by atoms with Gasteiger partial charge in [-0.15, -0.1) is 0 Å². The van der Waals surface area contributed by atoms with Crippen LogP contribution in [0.5, 0.6) is 5.75 Å². The number of benzene rings is 1. The second kappa shape index (κ2) is 8.77. The van der Waals surface area contributed by atoms with E-state index in [-0.39, 0.29) is 5.91 Å². The average molecular weight is 434 g/mol. The van der Waals surface area contributed by atoms with E-state index >= 15 is 0 Å². The van der Waals surface area contributed by atoms with Gasteiger partial charge in [0.15, 0.2) is 4.32 Å². The van der Waals surface area contributed by atoms with Crippen molar-refractivity contribution >= 4 is 46.0 Å². The van der Waals surface area contributed by atoms with Crippen LogP contribution in [0.1, 0.15) is 22.4 Å². The summed E-state index contributed by atoms with van der Waals surface area (Å²) in [6.45, 7) is 4.41. The first kappa shape index (κ1) is 20.3. The molecule has 0 N–H and O–H groups in total. The number of thiocarbonyl (C=S) groups is 1. The molecule has 30 heavy (non-hydrogen) atoms. The van der Waals surface area contributed by atoms with E-state index < -0.39 is 0 Å². The zero-order valence-corrected chi connectivity index (χ0v) is 18.2. The Morgan fingerprint density at radius 3 is 2.60 bits per heavy atom. The van der Waals surface area contributed by atoms with Crippen molar-refractivity contribution < 1.29 is 9.53 Å². The molecule has 1 saturated heterocycles. The number of carbonyl (C=O) groups excluding carboxylic acids is 1. The number of aromatic nitrogens is 2. The Morgan fingerprint density at radius 2 is 1.93 bits per heavy atom. The van der Waals surface area contributed by atoms with Crippen LogP contribution in [0.3, 0.4) is 0 Å². The quantitative estimate of drug-likeness (QED) is 0.413. The van der Waals surface area contributed by atoms with Gasteiger partial charge in [0, 0.05) is 12.4 Å². The Morgan fingerprint density at radius 1 is 1.13 bits per heavy atom. The summed E-state index contributed by atoms with van der Waals surface area (Å²) in [7, 11) is 0. The predicted molar refractivity (Wildman–Crippen MR) is 124 cm³/mol. The van der Waals surface area contributed by atoms with E-state index in [1.54, 1.807) is 24.7 Å². The minimum absolute atomic E-state index is 0.135. The molecule has 7 heteroatoms. The second-order valence-electron chi connectivity index (χ2n) is 6.82. The number of amides is 1. The third-order valence-corrected chi connectivity index (χ3v) is 5.87. The van der Waals surface area contributed by atoms with Gasteiger partial charge in [0.2, 0.25) is 0 Å². The fourth-order valence-corrected chi connectivity index (χ4v) is 4.55. The number of nitrogens with zero attached hydrogens (tertiary/aromatic N) is 3. The van der Waals surface area contributed by atoms with E-state index in [1.165, 1.54) is 16.7 Å². The molecule has 150 valence electrons. The normalized spacial score (nSPS) is 15.1. The van der Waals surface area contributed by atoms with Crippen LogP contribution < -0.4 is 9.64 Å². The molecule has 1 aliphatic heterocycles. The fourth-order valence-electron chi connectivity index (χ4n) is 3.25. The Labute approximate surface area is 184 Å². The number of anilines is 1. The summed E-state index contributed by atoms with van der Waals surface area (Å²) in [5.41, 5.74) is 4.48. The molecule has 0 atom stereocenters. The fraction of sp³-hybridized carbons (Fsp3) is 0.130. The average Bonchev–Trinajstić information content (AvgIpc) is 3.01. The van der Waals surface area contributed by atoms with Crippen LogP contribution in [-0.2, 0) is 11.4 Å². The van der Waals surface area contributed by atoms with Crippen molar-refractivity contribution in [1.82, 2.24) is 9.97 Å². The molecular formula is C23H19N3O2S2. The van der Waals surface area contributed by atoms with Gasteiger partial charge in [-0.25, -0.2) is 0 Å². The zero-order chi connectivity index (χ0) is 21.1. The maximum Gasteiger partial charge on any atom is 0.270 e. The van der Waals surface area contributed by atoms with Gasteiger partial charge in [-0.2, -0.15) is 0 Å². The van der Waals surface area contributed by atoms with E-state index in [4.69, 9.17) is 17.0 Å². The lowest BCUT2D eigenvalue weighted by molar-refractivity contribution is -0.113. The maximum atomic E-state index is 12.9. The van der Waals surface area contributed by atoms with Gasteiger partial charge < -0.3 is 4.74 Å². The Hall–Kier alpha value is -3.03. The van der Waals surface area contributed by atoms with E-state index in [0.717, 1.165) is 28.1 Å². The lowest BCUT2D eigenvalue weighted by Crippen LogP contribution is -2.27. The molecule has 2 aromatic heterocycles. The van der Waals surface area contributed by atoms with Crippen LogP contribution in [0.25, 0.3) is 6.08 Å². The molecule has 1 aromatic carbocycles.